The largest absolute Gasteiger partial charge is 0.352 e. The Morgan fingerprint density at radius 2 is 1.64 bits per heavy atom. The van der Waals surface area contributed by atoms with E-state index in [0.717, 1.165) is 16.6 Å². The zero-order valence-electron chi connectivity index (χ0n) is 14.6. The van der Waals surface area contributed by atoms with Gasteiger partial charge in [0.1, 0.15) is 6.54 Å². The van der Waals surface area contributed by atoms with E-state index >= 15 is 0 Å². The molecule has 0 aliphatic carbocycles. The second-order valence-corrected chi connectivity index (χ2v) is 7.75. The maximum Gasteiger partial charge on any atom is 0.224 e. The van der Waals surface area contributed by atoms with Gasteiger partial charge in [-0.05, 0) is 42.5 Å². The number of quaternary nitrogens is 1. The Bertz CT molecular complexity index is 693. The van der Waals surface area contributed by atoms with E-state index in [2.05, 4.69) is 45.5 Å². The number of hydrogen-bond donors (Lipinski definition) is 2. The second kappa shape index (κ2) is 9.16. The third kappa shape index (κ3) is 5.68. The molecule has 0 radical (unpaired) electrons. The number of hydrogen-bond acceptors (Lipinski definition) is 1. The fourth-order valence-electron chi connectivity index (χ4n) is 3.44. The fourth-order valence-corrected chi connectivity index (χ4v) is 3.71. The molecule has 2 N–H and O–H groups in total. The smallest absolute Gasteiger partial charge is 0.224 e. The predicted molar refractivity (Wildman–Crippen MR) is 104 cm³/mol. The van der Waals surface area contributed by atoms with Crippen LogP contribution in [-0.2, 0) is 24.3 Å². The summed E-state index contributed by atoms with van der Waals surface area (Å²) < 4.78 is 1.03. The van der Waals surface area contributed by atoms with E-state index in [1.165, 1.54) is 43.5 Å². The molecule has 2 aromatic carbocycles. The van der Waals surface area contributed by atoms with E-state index in [0.29, 0.717) is 13.0 Å². The molecule has 0 atom stereocenters. The summed E-state index contributed by atoms with van der Waals surface area (Å²) in [5.41, 5.74) is 3.64. The minimum Gasteiger partial charge on any atom is -0.352 e. The van der Waals surface area contributed by atoms with Crippen LogP contribution in [0.2, 0.25) is 0 Å². The molecular formula is C21H26BrN2O+. The quantitative estimate of drug-likeness (QED) is 0.766. The van der Waals surface area contributed by atoms with Gasteiger partial charge in [-0.15, -0.1) is 0 Å². The van der Waals surface area contributed by atoms with Crippen LogP contribution in [0.25, 0.3) is 0 Å². The Morgan fingerprint density at radius 1 is 0.960 bits per heavy atom. The molecule has 0 saturated carbocycles. The zero-order valence-corrected chi connectivity index (χ0v) is 16.1. The van der Waals surface area contributed by atoms with Gasteiger partial charge in [-0.25, -0.2) is 0 Å². The highest BCUT2D eigenvalue weighted by Gasteiger charge is 2.15. The molecule has 0 bridgehead atoms. The van der Waals surface area contributed by atoms with Crippen molar-refractivity contribution in [3.63, 3.8) is 0 Å². The number of piperidine rings is 1. The lowest BCUT2D eigenvalue weighted by Gasteiger charge is -2.24. The number of rotatable bonds is 6. The topological polar surface area (TPSA) is 33.5 Å². The van der Waals surface area contributed by atoms with Crippen LogP contribution in [0.3, 0.4) is 0 Å². The normalized spacial score (nSPS) is 15.1. The minimum atomic E-state index is 0.0717. The van der Waals surface area contributed by atoms with Crippen LogP contribution in [0.1, 0.15) is 36.0 Å². The fraction of sp³-hybridized carbons (Fsp3) is 0.381. The van der Waals surface area contributed by atoms with Gasteiger partial charge in [0.05, 0.1) is 19.5 Å². The van der Waals surface area contributed by atoms with Crippen molar-refractivity contribution >= 4 is 21.8 Å². The number of halogens is 1. The van der Waals surface area contributed by atoms with E-state index in [-0.39, 0.29) is 5.91 Å². The highest BCUT2D eigenvalue weighted by Crippen LogP contribution is 2.11. The monoisotopic (exact) mass is 401 g/mol. The van der Waals surface area contributed by atoms with Crippen molar-refractivity contribution in [1.29, 1.82) is 0 Å². The summed E-state index contributed by atoms with van der Waals surface area (Å²) >= 11 is 3.42. The molecule has 132 valence electrons. The maximum absolute atomic E-state index is 12.2. The van der Waals surface area contributed by atoms with Crippen molar-refractivity contribution in [2.45, 2.75) is 38.8 Å². The molecule has 1 aliphatic heterocycles. The van der Waals surface area contributed by atoms with Gasteiger partial charge in [0.25, 0.3) is 0 Å². The molecule has 25 heavy (non-hydrogen) atoms. The molecule has 1 saturated heterocycles. The third-order valence-electron chi connectivity index (χ3n) is 4.87. The Morgan fingerprint density at radius 3 is 2.36 bits per heavy atom. The molecule has 2 aromatic rings. The van der Waals surface area contributed by atoms with Gasteiger partial charge in [0.15, 0.2) is 0 Å². The van der Waals surface area contributed by atoms with Crippen molar-refractivity contribution in [2.24, 2.45) is 0 Å². The number of likely N-dealkylation sites (tertiary alicyclic amines) is 1. The summed E-state index contributed by atoms with van der Waals surface area (Å²) in [4.78, 5) is 13.9. The van der Waals surface area contributed by atoms with E-state index in [1.807, 2.05) is 24.3 Å². The van der Waals surface area contributed by atoms with Crippen LogP contribution >= 0.6 is 15.9 Å². The maximum atomic E-state index is 12.2. The van der Waals surface area contributed by atoms with Crippen LogP contribution in [-0.4, -0.2) is 19.0 Å². The third-order valence-corrected chi connectivity index (χ3v) is 5.40. The first-order chi connectivity index (χ1) is 12.2. The summed E-state index contributed by atoms with van der Waals surface area (Å²) in [5.74, 6) is 0.0717. The van der Waals surface area contributed by atoms with Crippen molar-refractivity contribution in [3.8, 4) is 0 Å². The lowest BCUT2D eigenvalue weighted by atomic mass is 10.0. The average molecular weight is 402 g/mol. The van der Waals surface area contributed by atoms with Crippen LogP contribution in [0.4, 0.5) is 0 Å². The summed E-state index contributed by atoms with van der Waals surface area (Å²) in [6.45, 7) is 4.21. The van der Waals surface area contributed by atoms with E-state index in [1.54, 1.807) is 4.90 Å². The molecule has 0 unspecified atom stereocenters. The van der Waals surface area contributed by atoms with Gasteiger partial charge in [-0.1, -0.05) is 52.3 Å². The standard InChI is InChI=1S/C21H25BrN2O/c22-20-10-8-17(9-11-20)14-21(25)23-15-18-6-2-3-7-19(18)16-24-12-4-1-5-13-24/h2-3,6-11H,1,4-5,12-16H2,(H,23,25)/p+1. The van der Waals surface area contributed by atoms with Gasteiger partial charge in [-0.3, -0.25) is 4.79 Å². The SMILES string of the molecule is O=C(Cc1ccc(Br)cc1)NCc1ccccc1C[NH+]1CCCCC1. The molecule has 1 amide bonds. The molecule has 3 rings (SSSR count). The van der Waals surface area contributed by atoms with Gasteiger partial charge in [0.2, 0.25) is 5.91 Å². The molecule has 3 nitrogen and oxygen atoms in total. The Hall–Kier alpha value is -1.65. The summed E-state index contributed by atoms with van der Waals surface area (Å²) in [7, 11) is 0. The lowest BCUT2D eigenvalue weighted by Crippen LogP contribution is -3.11. The number of amides is 1. The van der Waals surface area contributed by atoms with Gasteiger partial charge in [0, 0.05) is 16.6 Å². The number of nitrogens with one attached hydrogen (secondary N) is 2. The molecule has 1 fully saturated rings. The summed E-state index contributed by atoms with van der Waals surface area (Å²) in [6, 6.07) is 16.4. The Labute approximate surface area is 158 Å². The predicted octanol–water partition coefficient (Wildman–Crippen LogP) is 2.88. The highest BCUT2D eigenvalue weighted by atomic mass is 79.9. The van der Waals surface area contributed by atoms with E-state index in [4.69, 9.17) is 0 Å². The zero-order chi connectivity index (χ0) is 17.5. The van der Waals surface area contributed by atoms with Crippen molar-refractivity contribution in [1.82, 2.24) is 5.32 Å². The summed E-state index contributed by atoms with van der Waals surface area (Å²) in [5, 5.41) is 3.08. The van der Waals surface area contributed by atoms with E-state index < -0.39 is 0 Å². The van der Waals surface area contributed by atoms with Crippen molar-refractivity contribution in [2.75, 3.05) is 13.1 Å². The first kappa shape index (κ1) is 18.2. The van der Waals surface area contributed by atoms with Crippen LogP contribution in [0, 0.1) is 0 Å². The van der Waals surface area contributed by atoms with Crippen molar-refractivity contribution < 1.29 is 9.69 Å². The molecule has 0 aromatic heterocycles. The van der Waals surface area contributed by atoms with Crippen LogP contribution < -0.4 is 10.2 Å². The highest BCUT2D eigenvalue weighted by molar-refractivity contribution is 9.10. The molecular weight excluding hydrogens is 376 g/mol. The first-order valence-corrected chi connectivity index (χ1v) is 9.91. The van der Waals surface area contributed by atoms with Crippen LogP contribution in [0.15, 0.2) is 53.0 Å². The first-order valence-electron chi connectivity index (χ1n) is 9.12. The Kier molecular flexibility index (Phi) is 6.65. The molecule has 1 aliphatic rings. The number of benzene rings is 2. The second-order valence-electron chi connectivity index (χ2n) is 6.84. The van der Waals surface area contributed by atoms with E-state index in [9.17, 15) is 4.79 Å². The van der Waals surface area contributed by atoms with Gasteiger partial charge < -0.3 is 10.2 Å². The van der Waals surface area contributed by atoms with Crippen molar-refractivity contribution in [3.05, 3.63) is 69.7 Å². The average Bonchev–Trinajstić information content (AvgIpc) is 2.64. The summed E-state index contributed by atoms with van der Waals surface area (Å²) in [6.07, 6.45) is 4.47. The van der Waals surface area contributed by atoms with Crippen LogP contribution in [0.5, 0.6) is 0 Å². The lowest BCUT2D eigenvalue weighted by molar-refractivity contribution is -0.918. The molecule has 0 spiro atoms. The minimum absolute atomic E-state index is 0.0717. The molecule has 4 heteroatoms. The number of carbonyl (C=O) groups is 1. The Balaban J connectivity index is 1.55. The van der Waals surface area contributed by atoms with Gasteiger partial charge in [-0.2, -0.15) is 0 Å². The molecule has 1 heterocycles. The number of carbonyl (C=O) groups excluding carboxylic acids is 1. The van der Waals surface area contributed by atoms with Gasteiger partial charge >= 0.3 is 0 Å².